The van der Waals surface area contributed by atoms with E-state index in [0.717, 1.165) is 6.42 Å². The standard InChI is InChI=1S/C15H21FN2O/c1-5-12(18)14(15(2,3)4)19-13-7-6-10(9-17)8-11(13)16/h6-8,12,14H,5,18H2,1-4H3. The maximum atomic E-state index is 13.8. The molecular weight excluding hydrogens is 243 g/mol. The van der Waals surface area contributed by atoms with Crippen molar-refractivity contribution in [3.05, 3.63) is 29.6 Å². The summed E-state index contributed by atoms with van der Waals surface area (Å²) in [6.45, 7) is 8.00. The summed E-state index contributed by atoms with van der Waals surface area (Å²) in [5.41, 5.74) is 6.13. The molecule has 1 aromatic rings. The van der Waals surface area contributed by atoms with Crippen LogP contribution in [0.5, 0.6) is 5.75 Å². The minimum Gasteiger partial charge on any atom is -0.485 e. The van der Waals surface area contributed by atoms with Crippen LogP contribution in [0, 0.1) is 22.6 Å². The lowest BCUT2D eigenvalue weighted by Gasteiger charge is -2.35. The van der Waals surface area contributed by atoms with Crippen LogP contribution >= 0.6 is 0 Å². The Labute approximate surface area is 114 Å². The number of rotatable bonds is 4. The van der Waals surface area contributed by atoms with Gasteiger partial charge < -0.3 is 10.5 Å². The third-order valence-electron chi connectivity index (χ3n) is 3.03. The van der Waals surface area contributed by atoms with Crippen molar-refractivity contribution in [1.82, 2.24) is 0 Å². The van der Waals surface area contributed by atoms with Crippen LogP contribution < -0.4 is 10.5 Å². The van der Waals surface area contributed by atoms with Gasteiger partial charge in [-0.25, -0.2) is 4.39 Å². The van der Waals surface area contributed by atoms with E-state index in [4.69, 9.17) is 15.7 Å². The van der Waals surface area contributed by atoms with Gasteiger partial charge in [-0.15, -0.1) is 0 Å². The summed E-state index contributed by atoms with van der Waals surface area (Å²) in [6.07, 6.45) is 0.458. The van der Waals surface area contributed by atoms with Gasteiger partial charge >= 0.3 is 0 Å². The van der Waals surface area contributed by atoms with Gasteiger partial charge in [0.25, 0.3) is 0 Å². The van der Waals surface area contributed by atoms with Crippen LogP contribution in [0.4, 0.5) is 4.39 Å². The summed E-state index contributed by atoms with van der Waals surface area (Å²) in [4.78, 5) is 0. The maximum Gasteiger partial charge on any atom is 0.166 e. The van der Waals surface area contributed by atoms with E-state index in [2.05, 4.69) is 0 Å². The van der Waals surface area contributed by atoms with Crippen molar-refractivity contribution in [3.8, 4) is 11.8 Å². The number of nitriles is 1. The van der Waals surface area contributed by atoms with E-state index in [9.17, 15) is 4.39 Å². The van der Waals surface area contributed by atoms with Crippen molar-refractivity contribution in [2.24, 2.45) is 11.1 Å². The minimum absolute atomic E-state index is 0.142. The second kappa shape index (κ2) is 6.03. The first-order valence-corrected chi connectivity index (χ1v) is 6.41. The lowest BCUT2D eigenvalue weighted by atomic mass is 9.84. The Hall–Kier alpha value is -1.60. The molecule has 0 aromatic heterocycles. The monoisotopic (exact) mass is 264 g/mol. The van der Waals surface area contributed by atoms with Crippen molar-refractivity contribution in [2.45, 2.75) is 46.3 Å². The van der Waals surface area contributed by atoms with Crippen LogP contribution in [-0.2, 0) is 0 Å². The van der Waals surface area contributed by atoms with Crippen molar-refractivity contribution in [2.75, 3.05) is 0 Å². The first-order chi connectivity index (χ1) is 8.79. The molecule has 0 spiro atoms. The fourth-order valence-corrected chi connectivity index (χ4v) is 1.92. The number of hydrogen-bond acceptors (Lipinski definition) is 3. The van der Waals surface area contributed by atoms with Crippen LogP contribution in [0.2, 0.25) is 0 Å². The zero-order valence-electron chi connectivity index (χ0n) is 11.9. The van der Waals surface area contributed by atoms with Crippen molar-refractivity contribution < 1.29 is 9.13 Å². The molecule has 1 aromatic carbocycles. The molecule has 0 aliphatic carbocycles. The van der Waals surface area contributed by atoms with E-state index >= 15 is 0 Å². The zero-order valence-corrected chi connectivity index (χ0v) is 11.9. The molecule has 0 saturated carbocycles. The van der Waals surface area contributed by atoms with Crippen molar-refractivity contribution in [3.63, 3.8) is 0 Å². The number of halogens is 1. The molecule has 0 aliphatic heterocycles. The summed E-state index contributed by atoms with van der Waals surface area (Å²) < 4.78 is 19.6. The lowest BCUT2D eigenvalue weighted by Crippen LogP contribution is -2.47. The highest BCUT2D eigenvalue weighted by molar-refractivity contribution is 5.36. The quantitative estimate of drug-likeness (QED) is 0.908. The van der Waals surface area contributed by atoms with Gasteiger partial charge in [-0.2, -0.15) is 5.26 Å². The number of nitrogens with zero attached hydrogens (tertiary/aromatic N) is 1. The first kappa shape index (κ1) is 15.5. The normalized spacial score (nSPS) is 14.6. The fourth-order valence-electron chi connectivity index (χ4n) is 1.92. The molecule has 1 rings (SSSR count). The molecule has 3 nitrogen and oxygen atoms in total. The Morgan fingerprint density at radius 1 is 1.42 bits per heavy atom. The summed E-state index contributed by atoms with van der Waals surface area (Å²) in [7, 11) is 0. The molecule has 0 amide bonds. The maximum absolute atomic E-state index is 13.8. The van der Waals surface area contributed by atoms with Gasteiger partial charge in [-0.1, -0.05) is 27.7 Å². The Balaban J connectivity index is 3.01. The van der Waals surface area contributed by atoms with Crippen molar-refractivity contribution in [1.29, 1.82) is 5.26 Å². The number of nitrogens with two attached hydrogens (primary N) is 1. The molecule has 0 bridgehead atoms. The van der Waals surface area contributed by atoms with Crippen LogP contribution in [-0.4, -0.2) is 12.1 Å². The van der Waals surface area contributed by atoms with E-state index in [0.29, 0.717) is 0 Å². The van der Waals surface area contributed by atoms with Crippen LogP contribution in [0.25, 0.3) is 0 Å². The number of hydrogen-bond donors (Lipinski definition) is 1. The molecule has 2 unspecified atom stereocenters. The van der Waals surface area contributed by atoms with Gasteiger partial charge in [0, 0.05) is 11.5 Å². The van der Waals surface area contributed by atoms with Crippen LogP contribution in [0.3, 0.4) is 0 Å². The second-order valence-electron chi connectivity index (χ2n) is 5.73. The van der Waals surface area contributed by atoms with E-state index in [-0.39, 0.29) is 28.9 Å². The molecule has 0 fully saturated rings. The van der Waals surface area contributed by atoms with Gasteiger partial charge in [0.1, 0.15) is 6.10 Å². The molecule has 2 atom stereocenters. The third-order valence-corrected chi connectivity index (χ3v) is 3.03. The van der Waals surface area contributed by atoms with Crippen LogP contribution in [0.15, 0.2) is 18.2 Å². The van der Waals surface area contributed by atoms with E-state index in [1.54, 1.807) is 0 Å². The highest BCUT2D eigenvalue weighted by Crippen LogP contribution is 2.29. The van der Waals surface area contributed by atoms with E-state index in [1.165, 1.54) is 18.2 Å². The average Bonchev–Trinajstić information content (AvgIpc) is 2.34. The zero-order chi connectivity index (χ0) is 14.6. The molecule has 0 radical (unpaired) electrons. The lowest BCUT2D eigenvalue weighted by molar-refractivity contribution is 0.0586. The molecular formula is C15H21FN2O. The summed E-state index contributed by atoms with van der Waals surface area (Å²) >= 11 is 0. The molecule has 0 saturated heterocycles. The van der Waals surface area contributed by atoms with Gasteiger partial charge in [-0.05, 0) is 24.6 Å². The Morgan fingerprint density at radius 2 is 2.05 bits per heavy atom. The minimum atomic E-state index is -0.531. The highest BCUT2D eigenvalue weighted by atomic mass is 19.1. The average molecular weight is 264 g/mol. The van der Waals surface area contributed by atoms with Crippen LogP contribution in [0.1, 0.15) is 39.7 Å². The SMILES string of the molecule is CCC(N)C(Oc1ccc(C#N)cc1F)C(C)(C)C. The fraction of sp³-hybridized carbons (Fsp3) is 0.533. The Kier molecular flexibility index (Phi) is 4.90. The van der Waals surface area contributed by atoms with Gasteiger partial charge in [0.2, 0.25) is 0 Å². The van der Waals surface area contributed by atoms with E-state index < -0.39 is 5.82 Å². The van der Waals surface area contributed by atoms with Gasteiger partial charge in [0.05, 0.1) is 11.6 Å². The molecule has 0 heterocycles. The molecule has 4 heteroatoms. The predicted molar refractivity (Wildman–Crippen MR) is 73.3 cm³/mol. The topological polar surface area (TPSA) is 59.0 Å². The molecule has 0 aliphatic rings. The second-order valence-corrected chi connectivity index (χ2v) is 5.73. The Bertz CT molecular complexity index is 474. The highest BCUT2D eigenvalue weighted by Gasteiger charge is 2.32. The summed E-state index contributed by atoms with van der Waals surface area (Å²) in [5, 5.41) is 8.71. The molecule has 2 N–H and O–H groups in total. The molecule has 104 valence electrons. The smallest absolute Gasteiger partial charge is 0.166 e. The summed E-state index contributed by atoms with van der Waals surface area (Å²) in [6, 6.07) is 5.91. The largest absolute Gasteiger partial charge is 0.485 e. The third kappa shape index (κ3) is 3.93. The number of benzene rings is 1. The van der Waals surface area contributed by atoms with E-state index in [1.807, 2.05) is 33.8 Å². The van der Waals surface area contributed by atoms with Gasteiger partial charge in [-0.3, -0.25) is 0 Å². The Morgan fingerprint density at radius 3 is 2.47 bits per heavy atom. The van der Waals surface area contributed by atoms with Gasteiger partial charge in [0.15, 0.2) is 11.6 Å². The van der Waals surface area contributed by atoms with Crippen molar-refractivity contribution >= 4 is 0 Å². The summed E-state index contributed by atoms with van der Waals surface area (Å²) in [5.74, 6) is -0.389. The predicted octanol–water partition coefficient (Wildman–Crippen LogP) is 3.23. The first-order valence-electron chi connectivity index (χ1n) is 6.41. The molecule has 19 heavy (non-hydrogen) atoms. The number of ether oxygens (including phenoxy) is 1.